The molecule has 0 radical (unpaired) electrons. The van der Waals surface area contributed by atoms with Crippen molar-refractivity contribution in [3.8, 4) is 0 Å². The van der Waals surface area contributed by atoms with Gasteiger partial charge in [0.05, 0.1) is 0 Å². The topological polar surface area (TPSA) is 72.2 Å². The third-order valence-corrected chi connectivity index (χ3v) is 2.20. The molecule has 0 saturated carbocycles. The SMILES string of the molecule is CCC(CC)CCC(=O)NC(N)=O. The number of urea groups is 1. The van der Waals surface area contributed by atoms with Crippen molar-refractivity contribution >= 4 is 11.9 Å². The van der Waals surface area contributed by atoms with Gasteiger partial charge in [-0.25, -0.2) is 4.79 Å². The predicted molar refractivity (Wildman–Crippen MR) is 51.0 cm³/mol. The van der Waals surface area contributed by atoms with E-state index in [2.05, 4.69) is 13.8 Å². The number of nitrogens with one attached hydrogen (secondary N) is 1. The molecule has 0 aromatic heterocycles. The van der Waals surface area contributed by atoms with Crippen LogP contribution in [0.2, 0.25) is 0 Å². The Bertz CT molecular complexity index is 176. The molecule has 0 aliphatic heterocycles. The first-order valence-electron chi connectivity index (χ1n) is 4.69. The van der Waals surface area contributed by atoms with Crippen molar-refractivity contribution in [2.24, 2.45) is 11.7 Å². The van der Waals surface area contributed by atoms with Gasteiger partial charge in [-0.1, -0.05) is 26.7 Å². The Balaban J connectivity index is 3.62. The molecular formula is C9H18N2O2. The van der Waals surface area contributed by atoms with Crippen molar-refractivity contribution < 1.29 is 9.59 Å². The quantitative estimate of drug-likeness (QED) is 0.681. The molecule has 0 bridgehead atoms. The number of hydrogen-bond acceptors (Lipinski definition) is 2. The number of primary amides is 1. The third-order valence-electron chi connectivity index (χ3n) is 2.20. The minimum Gasteiger partial charge on any atom is -0.351 e. The van der Waals surface area contributed by atoms with Gasteiger partial charge in [0.2, 0.25) is 5.91 Å². The first-order chi connectivity index (χ1) is 6.10. The summed E-state index contributed by atoms with van der Waals surface area (Å²) in [6, 6.07) is -0.769. The fourth-order valence-electron chi connectivity index (χ4n) is 1.23. The van der Waals surface area contributed by atoms with Gasteiger partial charge in [-0.15, -0.1) is 0 Å². The monoisotopic (exact) mass is 186 g/mol. The lowest BCUT2D eigenvalue weighted by molar-refractivity contribution is -0.120. The lowest BCUT2D eigenvalue weighted by Crippen LogP contribution is -2.34. The smallest absolute Gasteiger partial charge is 0.318 e. The zero-order chi connectivity index (χ0) is 10.3. The third kappa shape index (κ3) is 6.13. The predicted octanol–water partition coefficient (Wildman–Crippen LogP) is 1.40. The molecular weight excluding hydrogens is 168 g/mol. The summed E-state index contributed by atoms with van der Waals surface area (Å²) in [5.41, 5.74) is 4.79. The van der Waals surface area contributed by atoms with Gasteiger partial charge in [0, 0.05) is 6.42 Å². The van der Waals surface area contributed by atoms with Gasteiger partial charge < -0.3 is 5.73 Å². The lowest BCUT2D eigenvalue weighted by atomic mass is 9.97. The van der Waals surface area contributed by atoms with Crippen LogP contribution in [0.4, 0.5) is 4.79 Å². The summed E-state index contributed by atoms with van der Waals surface area (Å²) < 4.78 is 0. The number of imide groups is 1. The van der Waals surface area contributed by atoms with E-state index in [0.717, 1.165) is 19.3 Å². The summed E-state index contributed by atoms with van der Waals surface area (Å²) in [6.45, 7) is 4.19. The second-order valence-corrected chi connectivity index (χ2v) is 3.13. The highest BCUT2D eigenvalue weighted by molar-refractivity contribution is 5.93. The van der Waals surface area contributed by atoms with Crippen molar-refractivity contribution in [2.45, 2.75) is 39.5 Å². The van der Waals surface area contributed by atoms with Crippen LogP contribution in [0.5, 0.6) is 0 Å². The zero-order valence-electron chi connectivity index (χ0n) is 8.30. The van der Waals surface area contributed by atoms with Crippen LogP contribution in [0.1, 0.15) is 39.5 Å². The van der Waals surface area contributed by atoms with E-state index < -0.39 is 6.03 Å². The first-order valence-corrected chi connectivity index (χ1v) is 4.69. The fourth-order valence-corrected chi connectivity index (χ4v) is 1.23. The maximum atomic E-state index is 11.0. The van der Waals surface area contributed by atoms with Crippen molar-refractivity contribution in [3.05, 3.63) is 0 Å². The summed E-state index contributed by atoms with van der Waals surface area (Å²) in [5.74, 6) is 0.290. The van der Waals surface area contributed by atoms with E-state index in [1.807, 2.05) is 5.32 Å². The zero-order valence-corrected chi connectivity index (χ0v) is 8.30. The molecule has 0 fully saturated rings. The van der Waals surface area contributed by atoms with E-state index in [1.54, 1.807) is 0 Å². The average molecular weight is 186 g/mol. The summed E-state index contributed by atoms with van der Waals surface area (Å²) in [6.07, 6.45) is 3.35. The van der Waals surface area contributed by atoms with Gasteiger partial charge in [0.25, 0.3) is 0 Å². The highest BCUT2D eigenvalue weighted by Crippen LogP contribution is 2.14. The maximum absolute atomic E-state index is 11.0. The molecule has 0 saturated heterocycles. The van der Waals surface area contributed by atoms with Crippen LogP contribution in [0, 0.1) is 5.92 Å². The molecule has 4 nitrogen and oxygen atoms in total. The maximum Gasteiger partial charge on any atom is 0.318 e. The van der Waals surface area contributed by atoms with Crippen LogP contribution in [0.15, 0.2) is 0 Å². The van der Waals surface area contributed by atoms with E-state index in [0.29, 0.717) is 12.3 Å². The molecule has 0 atom stereocenters. The van der Waals surface area contributed by atoms with E-state index in [4.69, 9.17) is 5.73 Å². The van der Waals surface area contributed by atoms with Crippen molar-refractivity contribution in [1.82, 2.24) is 5.32 Å². The van der Waals surface area contributed by atoms with Gasteiger partial charge in [-0.2, -0.15) is 0 Å². The second-order valence-electron chi connectivity index (χ2n) is 3.13. The molecule has 0 spiro atoms. The van der Waals surface area contributed by atoms with Crippen LogP contribution in [0.25, 0.3) is 0 Å². The molecule has 0 heterocycles. The van der Waals surface area contributed by atoms with Crippen molar-refractivity contribution in [3.63, 3.8) is 0 Å². The van der Waals surface area contributed by atoms with Crippen LogP contribution in [0.3, 0.4) is 0 Å². The Morgan fingerprint density at radius 1 is 1.31 bits per heavy atom. The Morgan fingerprint density at radius 3 is 2.23 bits per heavy atom. The number of carbonyl (C=O) groups excluding carboxylic acids is 2. The van der Waals surface area contributed by atoms with Crippen molar-refractivity contribution in [1.29, 1.82) is 0 Å². The van der Waals surface area contributed by atoms with Crippen LogP contribution in [-0.2, 0) is 4.79 Å². The normalized spacial score (nSPS) is 10.1. The van der Waals surface area contributed by atoms with Gasteiger partial charge in [0.1, 0.15) is 0 Å². The molecule has 0 aliphatic carbocycles. The van der Waals surface area contributed by atoms with Crippen LogP contribution < -0.4 is 11.1 Å². The molecule has 3 N–H and O–H groups in total. The minimum absolute atomic E-state index is 0.278. The summed E-state index contributed by atoms with van der Waals surface area (Å²) in [7, 11) is 0. The van der Waals surface area contributed by atoms with Crippen LogP contribution in [-0.4, -0.2) is 11.9 Å². The largest absolute Gasteiger partial charge is 0.351 e. The lowest BCUT2D eigenvalue weighted by Gasteiger charge is -2.10. The standard InChI is InChI=1S/C9H18N2O2/c1-3-7(4-2)5-6-8(12)11-9(10)13/h7H,3-6H2,1-2H3,(H3,10,11,12,13). The van der Waals surface area contributed by atoms with Crippen LogP contribution >= 0.6 is 0 Å². The number of hydrogen-bond donors (Lipinski definition) is 2. The average Bonchev–Trinajstić information content (AvgIpc) is 2.05. The Kier molecular flexibility index (Phi) is 5.93. The molecule has 0 aromatic carbocycles. The Hall–Kier alpha value is -1.06. The highest BCUT2D eigenvalue weighted by atomic mass is 16.2. The van der Waals surface area contributed by atoms with Gasteiger partial charge >= 0.3 is 6.03 Å². The van der Waals surface area contributed by atoms with Gasteiger partial charge in [-0.3, -0.25) is 10.1 Å². The minimum atomic E-state index is -0.769. The summed E-state index contributed by atoms with van der Waals surface area (Å²) in [5, 5.41) is 2.05. The molecule has 0 unspecified atom stereocenters. The number of nitrogens with two attached hydrogens (primary N) is 1. The van der Waals surface area contributed by atoms with E-state index >= 15 is 0 Å². The second kappa shape index (κ2) is 6.46. The molecule has 0 aliphatic rings. The number of rotatable bonds is 5. The molecule has 0 aromatic rings. The molecule has 76 valence electrons. The Labute approximate surface area is 78.9 Å². The van der Waals surface area contributed by atoms with Crippen molar-refractivity contribution in [2.75, 3.05) is 0 Å². The number of carbonyl (C=O) groups is 2. The van der Waals surface area contributed by atoms with Gasteiger partial charge in [-0.05, 0) is 12.3 Å². The highest BCUT2D eigenvalue weighted by Gasteiger charge is 2.08. The van der Waals surface area contributed by atoms with E-state index in [9.17, 15) is 9.59 Å². The first kappa shape index (κ1) is 11.9. The summed E-state index contributed by atoms with van der Waals surface area (Å²) in [4.78, 5) is 21.3. The van der Waals surface area contributed by atoms with E-state index in [-0.39, 0.29) is 5.91 Å². The van der Waals surface area contributed by atoms with Gasteiger partial charge in [0.15, 0.2) is 0 Å². The molecule has 3 amide bonds. The molecule has 4 heteroatoms. The fraction of sp³-hybridized carbons (Fsp3) is 0.778. The molecule has 0 rings (SSSR count). The summed E-state index contributed by atoms with van der Waals surface area (Å²) >= 11 is 0. The molecule has 13 heavy (non-hydrogen) atoms. The Morgan fingerprint density at radius 2 is 1.85 bits per heavy atom. The number of amides is 3. The van der Waals surface area contributed by atoms with E-state index in [1.165, 1.54) is 0 Å².